The van der Waals surface area contributed by atoms with Crippen molar-refractivity contribution >= 4 is 21.6 Å². The van der Waals surface area contributed by atoms with Gasteiger partial charge in [0.15, 0.2) is 0 Å². The van der Waals surface area contributed by atoms with Gasteiger partial charge in [0.1, 0.15) is 17.2 Å². The number of nitrogen functional groups attached to an aromatic ring is 1. The van der Waals surface area contributed by atoms with Gasteiger partial charge in [-0.25, -0.2) is 0 Å². The molecule has 0 aliphatic heterocycles. The van der Waals surface area contributed by atoms with Gasteiger partial charge in [-0.3, -0.25) is 4.98 Å². The SMILES string of the molecule is COc1cc(N)cc(Oc2cncc(Br)c2)c1. The van der Waals surface area contributed by atoms with Gasteiger partial charge >= 0.3 is 0 Å². The third-order valence-corrected chi connectivity index (χ3v) is 2.49. The Hall–Kier alpha value is -1.75. The van der Waals surface area contributed by atoms with Gasteiger partial charge in [-0.1, -0.05) is 0 Å². The number of halogens is 1. The number of anilines is 1. The zero-order chi connectivity index (χ0) is 12.3. The van der Waals surface area contributed by atoms with Crippen molar-refractivity contribution in [2.45, 2.75) is 0 Å². The van der Waals surface area contributed by atoms with E-state index in [4.69, 9.17) is 15.2 Å². The van der Waals surface area contributed by atoms with E-state index >= 15 is 0 Å². The lowest BCUT2D eigenvalue weighted by atomic mass is 10.3. The summed E-state index contributed by atoms with van der Waals surface area (Å²) in [7, 11) is 1.58. The minimum Gasteiger partial charge on any atom is -0.497 e. The van der Waals surface area contributed by atoms with Crippen LogP contribution in [0.3, 0.4) is 0 Å². The highest BCUT2D eigenvalue weighted by atomic mass is 79.9. The fourth-order valence-electron chi connectivity index (χ4n) is 1.35. The predicted molar refractivity (Wildman–Crippen MR) is 69.4 cm³/mol. The van der Waals surface area contributed by atoms with E-state index in [1.54, 1.807) is 37.7 Å². The maximum absolute atomic E-state index is 5.73. The van der Waals surface area contributed by atoms with Crippen molar-refractivity contribution in [3.63, 3.8) is 0 Å². The van der Waals surface area contributed by atoms with Gasteiger partial charge < -0.3 is 15.2 Å². The van der Waals surface area contributed by atoms with Gasteiger partial charge in [0, 0.05) is 34.6 Å². The summed E-state index contributed by atoms with van der Waals surface area (Å²) in [5, 5.41) is 0. The molecule has 17 heavy (non-hydrogen) atoms. The first-order valence-electron chi connectivity index (χ1n) is 4.90. The van der Waals surface area contributed by atoms with Crippen molar-refractivity contribution in [2.24, 2.45) is 0 Å². The molecule has 0 atom stereocenters. The molecule has 88 valence electrons. The first-order valence-corrected chi connectivity index (χ1v) is 5.69. The molecule has 0 radical (unpaired) electrons. The molecular formula is C12H11BrN2O2. The molecule has 0 aliphatic carbocycles. The number of rotatable bonds is 3. The second kappa shape index (κ2) is 5.05. The number of hydrogen-bond donors (Lipinski definition) is 1. The van der Waals surface area contributed by atoms with Crippen molar-refractivity contribution in [3.8, 4) is 17.2 Å². The summed E-state index contributed by atoms with van der Waals surface area (Å²) in [5.41, 5.74) is 6.32. The second-order valence-electron chi connectivity index (χ2n) is 3.38. The Morgan fingerprint density at radius 3 is 2.53 bits per heavy atom. The molecule has 1 heterocycles. The van der Waals surface area contributed by atoms with Crippen molar-refractivity contribution in [3.05, 3.63) is 41.1 Å². The predicted octanol–water partition coefficient (Wildman–Crippen LogP) is 3.23. The molecule has 2 N–H and O–H groups in total. The molecule has 0 saturated heterocycles. The third kappa shape index (κ3) is 3.10. The molecule has 0 amide bonds. The topological polar surface area (TPSA) is 57.4 Å². The van der Waals surface area contributed by atoms with Crippen LogP contribution in [0.4, 0.5) is 5.69 Å². The summed E-state index contributed by atoms with van der Waals surface area (Å²) in [4.78, 5) is 4.01. The van der Waals surface area contributed by atoms with Crippen LogP contribution in [0.25, 0.3) is 0 Å². The Kier molecular flexibility index (Phi) is 3.49. The molecule has 0 bridgehead atoms. The minimum atomic E-state index is 0.585. The summed E-state index contributed by atoms with van der Waals surface area (Å²) in [6.07, 6.45) is 3.31. The van der Waals surface area contributed by atoms with E-state index in [1.165, 1.54) is 0 Å². The van der Waals surface area contributed by atoms with E-state index in [0.717, 1.165) is 4.47 Å². The summed E-state index contributed by atoms with van der Waals surface area (Å²) < 4.78 is 11.6. The van der Waals surface area contributed by atoms with E-state index in [0.29, 0.717) is 22.9 Å². The Morgan fingerprint density at radius 1 is 1.06 bits per heavy atom. The molecule has 2 aromatic rings. The lowest BCUT2D eigenvalue weighted by Gasteiger charge is -2.08. The average molecular weight is 295 g/mol. The highest BCUT2D eigenvalue weighted by molar-refractivity contribution is 9.10. The molecule has 5 heteroatoms. The maximum atomic E-state index is 5.73. The van der Waals surface area contributed by atoms with Gasteiger partial charge in [-0.05, 0) is 22.0 Å². The van der Waals surface area contributed by atoms with E-state index in [9.17, 15) is 0 Å². The van der Waals surface area contributed by atoms with Crippen LogP contribution in [0.15, 0.2) is 41.1 Å². The minimum absolute atomic E-state index is 0.585. The van der Waals surface area contributed by atoms with Gasteiger partial charge in [-0.15, -0.1) is 0 Å². The molecule has 2 rings (SSSR count). The summed E-state index contributed by atoms with van der Waals surface area (Å²) in [5.74, 6) is 1.90. The lowest BCUT2D eigenvalue weighted by Crippen LogP contribution is -1.91. The highest BCUT2D eigenvalue weighted by Gasteiger charge is 2.02. The van der Waals surface area contributed by atoms with Crippen molar-refractivity contribution in [1.29, 1.82) is 0 Å². The van der Waals surface area contributed by atoms with Crippen LogP contribution in [0.2, 0.25) is 0 Å². The Labute approximate surface area is 108 Å². The largest absolute Gasteiger partial charge is 0.497 e. The van der Waals surface area contributed by atoms with E-state index < -0.39 is 0 Å². The zero-order valence-electron chi connectivity index (χ0n) is 9.18. The lowest BCUT2D eigenvalue weighted by molar-refractivity contribution is 0.409. The standard InChI is InChI=1S/C12H11BrN2O2/c1-16-10-3-9(14)4-11(5-10)17-12-2-8(13)6-15-7-12/h2-7H,14H2,1H3. The number of aromatic nitrogens is 1. The van der Waals surface area contributed by atoms with Crippen molar-refractivity contribution in [1.82, 2.24) is 4.98 Å². The summed E-state index contributed by atoms with van der Waals surface area (Å²) >= 11 is 3.33. The fraction of sp³-hybridized carbons (Fsp3) is 0.0833. The van der Waals surface area contributed by atoms with Crippen LogP contribution in [0.5, 0.6) is 17.2 Å². The molecule has 1 aromatic heterocycles. The van der Waals surface area contributed by atoms with Crippen LogP contribution in [-0.4, -0.2) is 12.1 Å². The van der Waals surface area contributed by atoms with Crippen molar-refractivity contribution < 1.29 is 9.47 Å². The quantitative estimate of drug-likeness (QED) is 0.883. The molecule has 0 unspecified atom stereocenters. The van der Waals surface area contributed by atoms with Gasteiger partial charge in [0.05, 0.1) is 13.3 Å². The van der Waals surface area contributed by atoms with Crippen molar-refractivity contribution in [2.75, 3.05) is 12.8 Å². The number of methoxy groups -OCH3 is 1. The first-order chi connectivity index (χ1) is 8.17. The van der Waals surface area contributed by atoms with Crippen LogP contribution >= 0.6 is 15.9 Å². The summed E-state index contributed by atoms with van der Waals surface area (Å²) in [6.45, 7) is 0. The molecule has 0 spiro atoms. The fourth-order valence-corrected chi connectivity index (χ4v) is 1.70. The van der Waals surface area contributed by atoms with Gasteiger partial charge in [0.2, 0.25) is 0 Å². The number of pyridine rings is 1. The molecule has 0 aliphatic rings. The second-order valence-corrected chi connectivity index (χ2v) is 4.30. The van der Waals surface area contributed by atoms with E-state index in [1.807, 2.05) is 6.07 Å². The van der Waals surface area contributed by atoms with Crippen LogP contribution in [-0.2, 0) is 0 Å². The van der Waals surface area contributed by atoms with Gasteiger partial charge in [0.25, 0.3) is 0 Å². The number of nitrogens with zero attached hydrogens (tertiary/aromatic N) is 1. The maximum Gasteiger partial charge on any atom is 0.146 e. The number of nitrogens with two attached hydrogens (primary N) is 1. The molecule has 4 nitrogen and oxygen atoms in total. The number of hydrogen-bond acceptors (Lipinski definition) is 4. The van der Waals surface area contributed by atoms with Crippen LogP contribution in [0.1, 0.15) is 0 Å². The molecule has 0 saturated carbocycles. The average Bonchev–Trinajstić information content (AvgIpc) is 2.28. The van der Waals surface area contributed by atoms with E-state index in [2.05, 4.69) is 20.9 Å². The smallest absolute Gasteiger partial charge is 0.146 e. The Balaban J connectivity index is 2.26. The molecule has 0 fully saturated rings. The third-order valence-electron chi connectivity index (χ3n) is 2.05. The van der Waals surface area contributed by atoms with E-state index in [-0.39, 0.29) is 0 Å². The van der Waals surface area contributed by atoms with Crippen LogP contribution in [0, 0.1) is 0 Å². The highest BCUT2D eigenvalue weighted by Crippen LogP contribution is 2.28. The molecular weight excluding hydrogens is 284 g/mol. The zero-order valence-corrected chi connectivity index (χ0v) is 10.8. The molecule has 1 aromatic carbocycles. The van der Waals surface area contributed by atoms with Crippen LogP contribution < -0.4 is 15.2 Å². The number of ether oxygens (including phenoxy) is 2. The number of benzene rings is 1. The Morgan fingerprint density at radius 2 is 1.82 bits per heavy atom. The summed E-state index contributed by atoms with van der Waals surface area (Å²) in [6, 6.07) is 7.04. The normalized spacial score (nSPS) is 10.0. The first kappa shape index (κ1) is 11.7. The monoisotopic (exact) mass is 294 g/mol. The van der Waals surface area contributed by atoms with Gasteiger partial charge in [-0.2, -0.15) is 0 Å². The Bertz CT molecular complexity index is 532.